The first-order valence-corrected chi connectivity index (χ1v) is 9.60. The molecule has 0 bridgehead atoms. The second-order valence-corrected chi connectivity index (χ2v) is 7.81. The maximum atomic E-state index is 12.5. The van der Waals surface area contributed by atoms with Gasteiger partial charge in [-0.05, 0) is 49.2 Å². The smallest absolute Gasteiger partial charge is 0.138 e. The first kappa shape index (κ1) is 17.8. The van der Waals surface area contributed by atoms with Crippen LogP contribution in [0.1, 0.15) is 37.3 Å². The van der Waals surface area contributed by atoms with Crippen LogP contribution in [0.3, 0.4) is 0 Å². The van der Waals surface area contributed by atoms with Crippen LogP contribution >= 0.6 is 39.1 Å². The third-order valence-electron chi connectivity index (χ3n) is 4.48. The minimum atomic E-state index is -0.222. The fraction of sp³-hybridized carbons (Fsp3) is 0.316. The van der Waals surface area contributed by atoms with Crippen molar-refractivity contribution in [2.45, 2.75) is 31.7 Å². The zero-order chi connectivity index (χ0) is 17.1. The Kier molecular flexibility index (Phi) is 5.85. The highest BCUT2D eigenvalue weighted by atomic mass is 79.9. The summed E-state index contributed by atoms with van der Waals surface area (Å²) in [6.07, 6.45) is 3.51. The number of hydrogen-bond acceptors (Lipinski definition) is 2. The lowest BCUT2D eigenvalue weighted by Gasteiger charge is -2.32. The number of Topliss-reactive ketones (excluding diaryl/α,β-unsaturated/α-hetero) is 1. The summed E-state index contributed by atoms with van der Waals surface area (Å²) in [6.45, 7) is 0. The quantitative estimate of drug-likeness (QED) is 0.591. The van der Waals surface area contributed by atoms with Crippen molar-refractivity contribution in [3.8, 4) is 0 Å². The number of ketones is 1. The molecule has 0 aromatic heterocycles. The Labute approximate surface area is 160 Å². The van der Waals surface area contributed by atoms with Gasteiger partial charge in [-0.3, -0.25) is 4.79 Å². The Morgan fingerprint density at radius 3 is 2.33 bits per heavy atom. The summed E-state index contributed by atoms with van der Waals surface area (Å²) in [4.78, 5) is 12.5. The molecule has 1 saturated carbocycles. The van der Waals surface area contributed by atoms with Gasteiger partial charge in [0.1, 0.15) is 5.78 Å². The second-order valence-electron chi connectivity index (χ2n) is 6.08. The Morgan fingerprint density at radius 1 is 1.04 bits per heavy atom. The second kappa shape index (κ2) is 7.90. The molecule has 2 aromatic rings. The molecule has 126 valence electrons. The van der Waals surface area contributed by atoms with Crippen molar-refractivity contribution < 1.29 is 4.79 Å². The maximum Gasteiger partial charge on any atom is 0.138 e. The van der Waals surface area contributed by atoms with E-state index in [2.05, 4.69) is 21.2 Å². The molecule has 1 N–H and O–H groups in total. The minimum absolute atomic E-state index is 0.111. The number of carbonyl (C=O) groups is 1. The Morgan fingerprint density at radius 2 is 1.71 bits per heavy atom. The molecular weight excluding hydrogens is 409 g/mol. The van der Waals surface area contributed by atoms with Crippen molar-refractivity contribution >= 4 is 50.6 Å². The summed E-state index contributed by atoms with van der Waals surface area (Å²) in [5, 5.41) is 4.68. The van der Waals surface area contributed by atoms with Crippen LogP contribution < -0.4 is 5.32 Å². The molecule has 0 saturated heterocycles. The number of rotatable bonds is 4. The van der Waals surface area contributed by atoms with Gasteiger partial charge in [-0.25, -0.2) is 0 Å². The van der Waals surface area contributed by atoms with E-state index in [4.69, 9.17) is 23.2 Å². The van der Waals surface area contributed by atoms with Crippen molar-refractivity contribution in [1.82, 2.24) is 0 Å². The number of benzene rings is 2. The standard InChI is InChI=1S/C19H18BrCl2NO/c20-12-8-10-13(11-9-12)23-19(14-4-1-2-7-17(14)24)18-15(21)5-3-6-16(18)22/h3,5-6,8-11,14,19,23H,1-2,4,7H2. The summed E-state index contributed by atoms with van der Waals surface area (Å²) < 4.78 is 1.01. The number of nitrogens with one attached hydrogen (secondary N) is 1. The Balaban J connectivity index is 2.00. The molecule has 0 amide bonds. The van der Waals surface area contributed by atoms with Gasteiger partial charge >= 0.3 is 0 Å². The highest BCUT2D eigenvalue weighted by molar-refractivity contribution is 9.10. The molecule has 1 aliphatic carbocycles. The van der Waals surface area contributed by atoms with Crippen molar-refractivity contribution in [2.24, 2.45) is 5.92 Å². The van der Waals surface area contributed by atoms with Gasteiger partial charge in [-0.1, -0.05) is 51.6 Å². The Hall–Kier alpha value is -1.03. The maximum absolute atomic E-state index is 12.5. The molecular formula is C19H18BrCl2NO. The van der Waals surface area contributed by atoms with Gasteiger partial charge in [0.25, 0.3) is 0 Å². The average molecular weight is 427 g/mol. The van der Waals surface area contributed by atoms with Crippen molar-refractivity contribution in [1.29, 1.82) is 0 Å². The third-order valence-corrected chi connectivity index (χ3v) is 5.67. The SMILES string of the molecule is O=C1CCCCC1C(Nc1ccc(Br)cc1)c1c(Cl)cccc1Cl. The van der Waals surface area contributed by atoms with Crippen molar-refractivity contribution in [3.05, 3.63) is 62.5 Å². The first-order valence-electron chi connectivity index (χ1n) is 8.05. The molecule has 1 fully saturated rings. The van der Waals surface area contributed by atoms with Gasteiger partial charge in [-0.15, -0.1) is 0 Å². The number of halogens is 3. The summed E-state index contributed by atoms with van der Waals surface area (Å²) in [6, 6.07) is 13.2. The average Bonchev–Trinajstić information content (AvgIpc) is 2.56. The molecule has 0 aliphatic heterocycles. The van der Waals surface area contributed by atoms with Crippen molar-refractivity contribution in [2.75, 3.05) is 5.32 Å². The molecule has 0 spiro atoms. The van der Waals surface area contributed by atoms with E-state index >= 15 is 0 Å². The van der Waals surface area contributed by atoms with Crippen LogP contribution in [0.5, 0.6) is 0 Å². The minimum Gasteiger partial charge on any atom is -0.377 e. The van der Waals surface area contributed by atoms with Crippen LogP contribution in [-0.2, 0) is 4.79 Å². The van der Waals surface area contributed by atoms with Crippen LogP contribution in [0, 0.1) is 5.92 Å². The number of anilines is 1. The lowest BCUT2D eigenvalue weighted by Crippen LogP contribution is -2.30. The molecule has 2 atom stereocenters. The van der Waals surface area contributed by atoms with Crippen LogP contribution in [-0.4, -0.2) is 5.78 Å². The van der Waals surface area contributed by atoms with E-state index in [1.54, 1.807) is 0 Å². The lowest BCUT2D eigenvalue weighted by molar-refractivity contribution is -0.125. The summed E-state index contributed by atoms with van der Waals surface area (Å²) in [7, 11) is 0. The fourth-order valence-corrected chi connectivity index (χ4v) is 4.17. The van der Waals surface area contributed by atoms with E-state index in [1.165, 1.54) is 0 Å². The molecule has 0 radical (unpaired) electrons. The van der Waals surface area contributed by atoms with E-state index in [0.717, 1.165) is 35.0 Å². The molecule has 3 rings (SSSR count). The molecule has 24 heavy (non-hydrogen) atoms. The van der Waals surface area contributed by atoms with Crippen LogP contribution in [0.25, 0.3) is 0 Å². The van der Waals surface area contributed by atoms with Crippen molar-refractivity contribution in [3.63, 3.8) is 0 Å². The normalized spacial score (nSPS) is 19.1. The summed E-state index contributed by atoms with van der Waals surface area (Å²) in [5.74, 6) is 0.173. The number of hydrogen-bond donors (Lipinski definition) is 1. The van der Waals surface area contributed by atoms with E-state index in [1.807, 2.05) is 42.5 Å². The molecule has 2 unspecified atom stereocenters. The zero-order valence-electron chi connectivity index (χ0n) is 13.1. The Bertz CT molecular complexity index is 712. The van der Waals surface area contributed by atoms with Gasteiger partial charge in [0.05, 0.1) is 6.04 Å². The molecule has 2 nitrogen and oxygen atoms in total. The van der Waals surface area contributed by atoms with Crippen LogP contribution in [0.15, 0.2) is 46.9 Å². The van der Waals surface area contributed by atoms with Crippen LogP contribution in [0.2, 0.25) is 10.0 Å². The van der Waals surface area contributed by atoms with E-state index < -0.39 is 0 Å². The van der Waals surface area contributed by atoms with Gasteiger partial charge in [-0.2, -0.15) is 0 Å². The summed E-state index contributed by atoms with van der Waals surface area (Å²) in [5.41, 5.74) is 1.75. The van der Waals surface area contributed by atoms with Gasteiger partial charge in [0.15, 0.2) is 0 Å². The summed E-state index contributed by atoms with van der Waals surface area (Å²) >= 11 is 16.3. The third kappa shape index (κ3) is 3.96. The van der Waals surface area contributed by atoms with Gasteiger partial charge < -0.3 is 5.32 Å². The molecule has 1 aliphatic rings. The predicted molar refractivity (Wildman–Crippen MR) is 104 cm³/mol. The molecule has 5 heteroatoms. The monoisotopic (exact) mass is 425 g/mol. The van der Waals surface area contributed by atoms with E-state index in [9.17, 15) is 4.79 Å². The van der Waals surface area contributed by atoms with E-state index in [-0.39, 0.29) is 17.7 Å². The highest BCUT2D eigenvalue weighted by Crippen LogP contribution is 2.40. The molecule has 2 aromatic carbocycles. The van der Waals surface area contributed by atoms with Crippen LogP contribution in [0.4, 0.5) is 5.69 Å². The number of carbonyl (C=O) groups excluding carboxylic acids is 1. The highest BCUT2D eigenvalue weighted by Gasteiger charge is 2.33. The largest absolute Gasteiger partial charge is 0.377 e. The lowest BCUT2D eigenvalue weighted by atomic mass is 9.80. The van der Waals surface area contributed by atoms with Gasteiger partial charge in [0, 0.05) is 38.1 Å². The topological polar surface area (TPSA) is 29.1 Å². The predicted octanol–water partition coefficient (Wildman–Crippen LogP) is 6.67. The zero-order valence-corrected chi connectivity index (χ0v) is 16.2. The van der Waals surface area contributed by atoms with E-state index in [0.29, 0.717) is 16.5 Å². The molecule has 0 heterocycles. The fourth-order valence-electron chi connectivity index (χ4n) is 3.27. The van der Waals surface area contributed by atoms with Gasteiger partial charge in [0.2, 0.25) is 0 Å². The first-order chi connectivity index (χ1) is 11.6.